The van der Waals surface area contributed by atoms with E-state index >= 15 is 0 Å². The zero-order valence-corrected chi connectivity index (χ0v) is 27.4. The summed E-state index contributed by atoms with van der Waals surface area (Å²) in [6.45, 7) is 10.8. The van der Waals surface area contributed by atoms with Gasteiger partial charge < -0.3 is 19.0 Å². The molecule has 2 aliphatic rings. The molecule has 8 nitrogen and oxygen atoms in total. The fourth-order valence-electron chi connectivity index (χ4n) is 6.41. The molecule has 2 fully saturated rings. The second kappa shape index (κ2) is 21.0. The summed E-state index contributed by atoms with van der Waals surface area (Å²) >= 11 is 0. The Kier molecular flexibility index (Phi) is 18.2. The van der Waals surface area contributed by atoms with Crippen molar-refractivity contribution in [1.82, 2.24) is 0 Å². The summed E-state index contributed by atoms with van der Waals surface area (Å²) in [5.41, 5.74) is -0.247. The maximum Gasteiger partial charge on any atom is 0.405 e. The van der Waals surface area contributed by atoms with E-state index in [9.17, 15) is 14.8 Å². The van der Waals surface area contributed by atoms with Crippen LogP contribution < -0.4 is 0 Å². The number of hydrogen-bond acceptors (Lipinski definition) is 7. The van der Waals surface area contributed by atoms with Gasteiger partial charge in [0.15, 0.2) is 0 Å². The van der Waals surface area contributed by atoms with Crippen LogP contribution >= 0.6 is 0 Å². The second-order valence-electron chi connectivity index (χ2n) is 13.0. The largest absolute Gasteiger partial charge is 0.458 e. The first kappa shape index (κ1) is 36.4. The number of rotatable bonds is 22. The first-order valence-corrected chi connectivity index (χ1v) is 17.3. The Balaban J connectivity index is 1.81. The summed E-state index contributed by atoms with van der Waals surface area (Å²) in [6.07, 6.45) is 19.2. The summed E-state index contributed by atoms with van der Waals surface area (Å²) in [7, 11) is 0. The average Bonchev–Trinajstić information content (AvgIpc) is 3.29. The van der Waals surface area contributed by atoms with E-state index in [1.807, 2.05) is 0 Å². The van der Waals surface area contributed by atoms with Gasteiger partial charge in [0.25, 0.3) is 0 Å². The zero-order chi connectivity index (χ0) is 30.7. The van der Waals surface area contributed by atoms with E-state index in [4.69, 9.17) is 19.0 Å². The molecule has 0 N–H and O–H groups in total. The van der Waals surface area contributed by atoms with E-state index in [2.05, 4.69) is 27.7 Å². The molecule has 1 saturated carbocycles. The number of ether oxygens (including phenoxy) is 3. The molecule has 0 radical (unpaired) electrons. The Morgan fingerprint density at radius 3 is 2.05 bits per heavy atom. The molecular weight excluding hydrogens is 534 g/mol. The maximum atomic E-state index is 13.1. The molecule has 8 heteroatoms. The highest BCUT2D eigenvalue weighted by molar-refractivity contribution is 6.35. The van der Waals surface area contributed by atoms with Crippen LogP contribution in [0.1, 0.15) is 150 Å². The predicted octanol–water partition coefficient (Wildman–Crippen LogP) is 8.28. The molecule has 1 aliphatic carbocycles. The molecule has 0 amide bonds. The lowest BCUT2D eigenvalue weighted by Gasteiger charge is -2.38. The first-order valence-electron chi connectivity index (χ1n) is 17.3. The van der Waals surface area contributed by atoms with Crippen LogP contribution in [0.15, 0.2) is 0 Å². The number of carbonyl (C=O) groups is 2. The van der Waals surface area contributed by atoms with Crippen molar-refractivity contribution < 1.29 is 33.5 Å². The first-order chi connectivity index (χ1) is 20.3. The number of cyclic esters (lactones) is 1. The standard InChI is InChI=1S/C34H61NO7/c1-6-8-9-10-11-12-13-14-15-16-17-18-19-20-23-40-35(38)32(33(37)39-7-2)29-25-31(36)42-34(29)41-30-24-27(5)21-22-28(30)26(3)4/h26-30,34H,6-25H2,1-5H3/b35-32-/t27-,28+,29+,30-,34-/m1/s1. The highest BCUT2D eigenvalue weighted by atomic mass is 16.9. The summed E-state index contributed by atoms with van der Waals surface area (Å²) < 4.78 is 17.1. The van der Waals surface area contributed by atoms with E-state index in [1.165, 1.54) is 70.6 Å². The minimum absolute atomic E-state index is 0.104. The lowest BCUT2D eigenvalue weighted by molar-refractivity contribution is -0.742. The van der Waals surface area contributed by atoms with Crippen LogP contribution in [-0.4, -0.2) is 48.2 Å². The Labute approximate surface area is 255 Å². The van der Waals surface area contributed by atoms with E-state index in [1.54, 1.807) is 6.92 Å². The van der Waals surface area contributed by atoms with E-state index < -0.39 is 24.1 Å². The van der Waals surface area contributed by atoms with Crippen molar-refractivity contribution in [2.75, 3.05) is 13.2 Å². The number of carbonyl (C=O) groups excluding carboxylic acids is 2. The van der Waals surface area contributed by atoms with Crippen LogP contribution in [0.2, 0.25) is 0 Å². The van der Waals surface area contributed by atoms with Crippen LogP contribution in [0, 0.1) is 28.9 Å². The number of nitrogens with zero attached hydrogens (tertiary/aromatic N) is 1. The monoisotopic (exact) mass is 595 g/mol. The summed E-state index contributed by atoms with van der Waals surface area (Å²) in [6, 6.07) is 0. The predicted molar refractivity (Wildman–Crippen MR) is 166 cm³/mol. The van der Waals surface area contributed by atoms with Crippen LogP contribution in [0.3, 0.4) is 0 Å². The minimum Gasteiger partial charge on any atom is -0.458 e. The molecule has 0 aromatic heterocycles. The smallest absolute Gasteiger partial charge is 0.405 e. The maximum absolute atomic E-state index is 13.1. The third-order valence-corrected chi connectivity index (χ3v) is 8.97. The normalized spacial score (nSPS) is 24.9. The van der Waals surface area contributed by atoms with Crippen LogP contribution in [0.4, 0.5) is 0 Å². The average molecular weight is 596 g/mol. The van der Waals surface area contributed by atoms with Gasteiger partial charge in [-0.3, -0.25) is 10.0 Å². The molecule has 244 valence electrons. The summed E-state index contributed by atoms with van der Waals surface area (Å²) in [5, 5.41) is 13.1. The number of esters is 2. The van der Waals surface area contributed by atoms with Crippen molar-refractivity contribution in [2.24, 2.45) is 23.7 Å². The van der Waals surface area contributed by atoms with Gasteiger partial charge in [0.1, 0.15) is 5.92 Å². The van der Waals surface area contributed by atoms with Crippen molar-refractivity contribution in [3.63, 3.8) is 0 Å². The van der Waals surface area contributed by atoms with Gasteiger partial charge in [-0.2, -0.15) is 0 Å². The third-order valence-electron chi connectivity index (χ3n) is 8.97. The highest BCUT2D eigenvalue weighted by Crippen LogP contribution is 2.38. The molecule has 42 heavy (non-hydrogen) atoms. The van der Waals surface area contributed by atoms with Crippen molar-refractivity contribution in [3.05, 3.63) is 5.21 Å². The topological polar surface area (TPSA) is 97.1 Å². The van der Waals surface area contributed by atoms with Crippen LogP contribution in [0.5, 0.6) is 0 Å². The molecule has 1 aliphatic heterocycles. The van der Waals surface area contributed by atoms with E-state index in [-0.39, 0.29) is 36.4 Å². The van der Waals surface area contributed by atoms with Gasteiger partial charge in [0.05, 0.1) is 25.7 Å². The second-order valence-corrected chi connectivity index (χ2v) is 13.0. The Hall–Kier alpha value is -1.83. The molecule has 0 bridgehead atoms. The zero-order valence-electron chi connectivity index (χ0n) is 27.4. The SMILES string of the molecule is CCCCCCCCCCCCCCCCO/[N+]([O-])=C(\C(=O)OCC)[C@@H]1CC(=O)O[C@H]1O[C@@H]1C[C@H](C)CC[C@H]1C(C)C. The quantitative estimate of drug-likeness (QED) is 0.0408. The highest BCUT2D eigenvalue weighted by Gasteiger charge is 2.50. The summed E-state index contributed by atoms with van der Waals surface area (Å²) in [4.78, 5) is 31.0. The van der Waals surface area contributed by atoms with Gasteiger partial charge in [0.2, 0.25) is 6.29 Å². The van der Waals surface area contributed by atoms with Gasteiger partial charge in [-0.1, -0.05) is 118 Å². The van der Waals surface area contributed by atoms with Gasteiger partial charge in [0, 0.05) is 4.90 Å². The van der Waals surface area contributed by atoms with E-state index in [0.717, 1.165) is 38.5 Å². The molecule has 0 aromatic rings. The molecule has 1 heterocycles. The molecule has 5 atom stereocenters. The van der Waals surface area contributed by atoms with E-state index in [0.29, 0.717) is 17.8 Å². The lowest BCUT2D eigenvalue weighted by atomic mass is 9.75. The molecule has 1 saturated heterocycles. The molecule has 0 spiro atoms. The van der Waals surface area contributed by atoms with Gasteiger partial charge in [-0.05, 0) is 43.9 Å². The van der Waals surface area contributed by atoms with Crippen molar-refractivity contribution in [3.8, 4) is 0 Å². The van der Waals surface area contributed by atoms with Crippen LogP contribution in [0.25, 0.3) is 0 Å². The Morgan fingerprint density at radius 2 is 1.50 bits per heavy atom. The molecule has 0 aromatic carbocycles. The fourth-order valence-corrected chi connectivity index (χ4v) is 6.41. The van der Waals surface area contributed by atoms with Gasteiger partial charge in [-0.15, -0.1) is 0 Å². The number of hydrogen-bond donors (Lipinski definition) is 0. The third kappa shape index (κ3) is 13.2. The van der Waals surface area contributed by atoms with Crippen molar-refractivity contribution >= 4 is 17.7 Å². The molecular formula is C34H61NO7. The fraction of sp³-hybridized carbons (Fsp3) is 0.912. The molecule has 0 unspecified atom stereocenters. The number of unbranched alkanes of at least 4 members (excludes halogenated alkanes) is 13. The van der Waals surface area contributed by atoms with Crippen molar-refractivity contribution in [1.29, 1.82) is 0 Å². The lowest BCUT2D eigenvalue weighted by Crippen LogP contribution is -2.43. The Morgan fingerprint density at radius 1 is 0.929 bits per heavy atom. The summed E-state index contributed by atoms with van der Waals surface area (Å²) in [5.74, 6) is -0.906. The molecule has 2 rings (SSSR count). The minimum atomic E-state index is -1.01. The van der Waals surface area contributed by atoms with Gasteiger partial charge in [-0.25, -0.2) is 4.79 Å². The van der Waals surface area contributed by atoms with Crippen molar-refractivity contribution in [2.45, 2.75) is 163 Å². The Bertz CT molecular complexity index is 799. The van der Waals surface area contributed by atoms with Crippen LogP contribution in [-0.2, 0) is 28.6 Å². The van der Waals surface area contributed by atoms with Gasteiger partial charge >= 0.3 is 17.7 Å².